The zero-order valence-electron chi connectivity index (χ0n) is 22.8. The first-order valence-electron chi connectivity index (χ1n) is 13.1. The Hall–Kier alpha value is -2.10. The Bertz CT molecular complexity index is 627. The molecule has 0 aliphatic rings. The number of carbonyl (C=O) groups is 2. The molecule has 0 saturated carbocycles. The largest absolute Gasteiger partial charge is 0.461 e. The maximum Gasteiger partial charge on any atom is 0.306 e. The maximum atomic E-state index is 11.8. The molecule has 0 fully saturated rings. The monoisotopic (exact) mass is 474 g/mol. The van der Waals surface area contributed by atoms with Gasteiger partial charge in [0.1, 0.15) is 13.2 Å². The highest BCUT2D eigenvalue weighted by Crippen LogP contribution is 2.11. The van der Waals surface area contributed by atoms with Gasteiger partial charge in [-0.25, -0.2) is 0 Å². The highest BCUT2D eigenvalue weighted by Gasteiger charge is 2.04. The van der Waals surface area contributed by atoms with Gasteiger partial charge in [-0.05, 0) is 92.2 Å². The van der Waals surface area contributed by atoms with Gasteiger partial charge in [-0.15, -0.1) is 0 Å². The van der Waals surface area contributed by atoms with Gasteiger partial charge in [-0.3, -0.25) is 9.59 Å². The van der Waals surface area contributed by atoms with Crippen LogP contribution in [0.2, 0.25) is 0 Å². The minimum atomic E-state index is -0.114. The van der Waals surface area contributed by atoms with Crippen LogP contribution in [-0.2, 0) is 19.1 Å². The van der Waals surface area contributed by atoms with E-state index in [2.05, 4.69) is 53.7 Å². The number of esters is 2. The number of unbranched alkanes of at least 4 members (excludes halogenated alkanes) is 5. The number of hydrogen-bond donors (Lipinski definition) is 0. The van der Waals surface area contributed by atoms with Crippen LogP contribution in [0.1, 0.15) is 119 Å². The maximum absolute atomic E-state index is 11.8. The van der Waals surface area contributed by atoms with Crippen molar-refractivity contribution in [3.63, 3.8) is 0 Å². The predicted octanol–water partition coefficient (Wildman–Crippen LogP) is 8.58. The highest BCUT2D eigenvalue weighted by molar-refractivity contribution is 5.69. The molecule has 0 spiro atoms. The van der Waals surface area contributed by atoms with Crippen molar-refractivity contribution in [3.05, 3.63) is 46.6 Å². The molecule has 4 heteroatoms. The second-order valence-electron chi connectivity index (χ2n) is 9.73. The van der Waals surface area contributed by atoms with Crippen molar-refractivity contribution in [2.24, 2.45) is 0 Å². The number of ether oxygens (including phenoxy) is 2. The molecule has 0 saturated heterocycles. The first kappa shape index (κ1) is 31.9. The van der Waals surface area contributed by atoms with Crippen molar-refractivity contribution >= 4 is 11.9 Å². The van der Waals surface area contributed by atoms with Crippen LogP contribution in [0.25, 0.3) is 0 Å². The third-order valence-electron chi connectivity index (χ3n) is 5.55. The molecule has 34 heavy (non-hydrogen) atoms. The van der Waals surface area contributed by atoms with Gasteiger partial charge in [0.2, 0.25) is 0 Å². The molecule has 0 N–H and O–H groups in total. The average molecular weight is 475 g/mol. The topological polar surface area (TPSA) is 52.6 Å². The molecule has 0 unspecified atom stereocenters. The predicted molar refractivity (Wildman–Crippen MR) is 144 cm³/mol. The second-order valence-corrected chi connectivity index (χ2v) is 9.73. The van der Waals surface area contributed by atoms with Crippen molar-refractivity contribution in [2.75, 3.05) is 13.2 Å². The molecule has 0 aliphatic heterocycles. The summed E-state index contributed by atoms with van der Waals surface area (Å²) >= 11 is 0. The van der Waals surface area contributed by atoms with E-state index >= 15 is 0 Å². The van der Waals surface area contributed by atoms with E-state index in [4.69, 9.17) is 9.47 Å². The van der Waals surface area contributed by atoms with E-state index in [9.17, 15) is 9.59 Å². The third-order valence-corrected chi connectivity index (χ3v) is 5.55. The van der Waals surface area contributed by atoms with Gasteiger partial charge in [-0.1, -0.05) is 60.1 Å². The smallest absolute Gasteiger partial charge is 0.306 e. The summed E-state index contributed by atoms with van der Waals surface area (Å²) in [6.45, 7) is 13.3. The lowest BCUT2D eigenvalue weighted by molar-refractivity contribution is -0.143. The second kappa shape index (κ2) is 21.4. The molecule has 0 aliphatic carbocycles. The molecule has 0 aromatic rings. The van der Waals surface area contributed by atoms with E-state index in [-0.39, 0.29) is 11.9 Å². The molecule has 0 aromatic heterocycles. The summed E-state index contributed by atoms with van der Waals surface area (Å²) < 4.78 is 10.6. The van der Waals surface area contributed by atoms with Gasteiger partial charge < -0.3 is 9.47 Å². The van der Waals surface area contributed by atoms with Crippen LogP contribution in [-0.4, -0.2) is 25.2 Å². The summed E-state index contributed by atoms with van der Waals surface area (Å²) in [6, 6.07) is 0. The standard InChI is InChI=1S/C30H50O4/c1-25(2)15-13-17-27(5)21-23-33-29(31)19-11-9-7-8-10-12-20-30(32)34-24-22-28(6)18-14-16-26(3)4/h15-16,21-22H,7-14,17-20,23-24H2,1-6H3/b27-21+,28-22+. The minimum Gasteiger partial charge on any atom is -0.461 e. The van der Waals surface area contributed by atoms with Crippen molar-refractivity contribution in [2.45, 2.75) is 119 Å². The molecule has 0 radical (unpaired) electrons. The molecular weight excluding hydrogens is 424 g/mol. The summed E-state index contributed by atoms with van der Waals surface area (Å²) in [5.74, 6) is -0.227. The Morgan fingerprint density at radius 2 is 0.853 bits per heavy atom. The lowest BCUT2D eigenvalue weighted by Crippen LogP contribution is -2.05. The van der Waals surface area contributed by atoms with E-state index in [1.807, 2.05) is 12.2 Å². The Kier molecular flexibility index (Phi) is 20.1. The van der Waals surface area contributed by atoms with Crippen LogP contribution >= 0.6 is 0 Å². The Morgan fingerprint density at radius 1 is 0.500 bits per heavy atom. The minimum absolute atomic E-state index is 0.114. The van der Waals surface area contributed by atoms with Crippen molar-refractivity contribution < 1.29 is 19.1 Å². The number of carbonyl (C=O) groups excluding carboxylic acids is 2. The van der Waals surface area contributed by atoms with E-state index < -0.39 is 0 Å². The van der Waals surface area contributed by atoms with Gasteiger partial charge in [0, 0.05) is 12.8 Å². The fraction of sp³-hybridized carbons (Fsp3) is 0.667. The summed E-state index contributed by atoms with van der Waals surface area (Å²) in [7, 11) is 0. The quantitative estimate of drug-likeness (QED) is 0.107. The van der Waals surface area contributed by atoms with Crippen molar-refractivity contribution in [3.8, 4) is 0 Å². The summed E-state index contributed by atoms with van der Waals surface area (Å²) in [5, 5.41) is 0. The molecule has 0 aromatic carbocycles. The first-order valence-corrected chi connectivity index (χ1v) is 13.1. The van der Waals surface area contributed by atoms with E-state index in [1.165, 1.54) is 22.3 Å². The van der Waals surface area contributed by atoms with Gasteiger partial charge in [0.05, 0.1) is 0 Å². The van der Waals surface area contributed by atoms with Crippen LogP contribution in [0.15, 0.2) is 46.6 Å². The lowest BCUT2D eigenvalue weighted by atomic mass is 10.1. The lowest BCUT2D eigenvalue weighted by Gasteiger charge is -2.05. The number of hydrogen-bond acceptors (Lipinski definition) is 4. The zero-order chi connectivity index (χ0) is 25.6. The van der Waals surface area contributed by atoms with Crippen LogP contribution in [0.4, 0.5) is 0 Å². The van der Waals surface area contributed by atoms with Crippen LogP contribution < -0.4 is 0 Å². The van der Waals surface area contributed by atoms with E-state index in [1.54, 1.807) is 0 Å². The van der Waals surface area contributed by atoms with Gasteiger partial charge in [0.25, 0.3) is 0 Å². The summed E-state index contributed by atoms with van der Waals surface area (Å²) in [5.41, 5.74) is 5.19. The Balaban J connectivity index is 3.63. The van der Waals surface area contributed by atoms with Gasteiger partial charge in [0.15, 0.2) is 0 Å². The Labute approximate surface area is 209 Å². The molecule has 0 rings (SSSR count). The molecule has 0 bridgehead atoms. The van der Waals surface area contributed by atoms with Crippen LogP contribution in [0.5, 0.6) is 0 Å². The summed E-state index contributed by atoms with van der Waals surface area (Å²) in [4.78, 5) is 23.7. The van der Waals surface area contributed by atoms with Gasteiger partial charge >= 0.3 is 11.9 Å². The van der Waals surface area contributed by atoms with Crippen LogP contribution in [0, 0.1) is 0 Å². The average Bonchev–Trinajstić information content (AvgIpc) is 2.75. The molecule has 194 valence electrons. The van der Waals surface area contributed by atoms with Crippen LogP contribution in [0.3, 0.4) is 0 Å². The number of allylic oxidation sites excluding steroid dienone is 6. The van der Waals surface area contributed by atoms with Gasteiger partial charge in [-0.2, -0.15) is 0 Å². The summed E-state index contributed by atoms with van der Waals surface area (Å²) in [6.07, 6.45) is 19.5. The molecular formula is C30H50O4. The SMILES string of the molecule is CC(C)=CCC/C(C)=C/COC(=O)CCCCCCCCC(=O)OC/C=C(\C)CCC=C(C)C. The third kappa shape index (κ3) is 23.1. The fourth-order valence-corrected chi connectivity index (χ4v) is 3.33. The molecule has 4 nitrogen and oxygen atoms in total. The zero-order valence-corrected chi connectivity index (χ0v) is 22.8. The fourth-order valence-electron chi connectivity index (χ4n) is 3.33. The number of rotatable bonds is 19. The Morgan fingerprint density at radius 3 is 1.21 bits per heavy atom. The normalized spacial score (nSPS) is 11.7. The molecule has 0 atom stereocenters. The van der Waals surface area contributed by atoms with Crippen molar-refractivity contribution in [1.82, 2.24) is 0 Å². The molecule has 0 heterocycles. The first-order chi connectivity index (χ1) is 16.2. The van der Waals surface area contributed by atoms with Crippen molar-refractivity contribution in [1.29, 1.82) is 0 Å². The van der Waals surface area contributed by atoms with E-state index in [0.717, 1.165) is 64.2 Å². The highest BCUT2D eigenvalue weighted by atomic mass is 16.5. The molecule has 0 amide bonds. The van der Waals surface area contributed by atoms with E-state index in [0.29, 0.717) is 26.1 Å².